The van der Waals surface area contributed by atoms with Crippen molar-refractivity contribution >= 4 is 29.4 Å². The number of rotatable bonds is 8. The molecule has 0 aliphatic rings. The van der Waals surface area contributed by atoms with E-state index in [2.05, 4.69) is 10.5 Å². The molecule has 0 spiro atoms. The Morgan fingerprint density at radius 3 is 2.70 bits per heavy atom. The van der Waals surface area contributed by atoms with Crippen LogP contribution in [0.1, 0.15) is 12.5 Å². The normalized spacial score (nSPS) is 10.6. The van der Waals surface area contributed by atoms with Crippen LogP contribution in [0.25, 0.3) is 0 Å². The molecule has 0 saturated carbocycles. The molecule has 1 N–H and O–H groups in total. The van der Waals surface area contributed by atoms with Crippen LogP contribution < -0.4 is 20.0 Å². The molecule has 0 aliphatic carbocycles. The number of hydrazone groups is 1. The van der Waals surface area contributed by atoms with E-state index in [-0.39, 0.29) is 30.2 Å². The molecule has 0 aromatic heterocycles. The van der Waals surface area contributed by atoms with Crippen molar-refractivity contribution < 1.29 is 24.3 Å². The van der Waals surface area contributed by atoms with E-state index in [1.165, 1.54) is 0 Å². The number of carbonyl (C=O) groups is 1. The fraction of sp³-hybridized carbons (Fsp3) is 0.176. The molecular weight excluding hydrogens is 378 g/mol. The van der Waals surface area contributed by atoms with Crippen molar-refractivity contribution in [2.75, 3.05) is 13.2 Å². The number of ether oxygens (including phenoxy) is 2. The lowest BCUT2D eigenvalue weighted by Gasteiger charge is -2.16. The van der Waals surface area contributed by atoms with Crippen molar-refractivity contribution in [3.8, 4) is 17.2 Å². The molecule has 0 fully saturated rings. The summed E-state index contributed by atoms with van der Waals surface area (Å²) in [6.07, 6.45) is 1.01. The Morgan fingerprint density at radius 1 is 1.30 bits per heavy atom. The van der Waals surface area contributed by atoms with E-state index >= 15 is 0 Å². The number of nitro groups is 1. The molecule has 0 unspecified atom stereocenters. The van der Waals surface area contributed by atoms with E-state index in [0.717, 1.165) is 18.3 Å². The number of hydrogen-bond donors (Lipinski definition) is 1. The average Bonchev–Trinajstić information content (AvgIpc) is 2.64. The summed E-state index contributed by atoms with van der Waals surface area (Å²) < 4.78 is 10.3. The van der Waals surface area contributed by atoms with Gasteiger partial charge in [-0.3, -0.25) is 14.9 Å². The van der Waals surface area contributed by atoms with Crippen LogP contribution in [0.2, 0.25) is 5.02 Å². The first-order valence-corrected chi connectivity index (χ1v) is 8.11. The van der Waals surface area contributed by atoms with Crippen LogP contribution in [0.4, 0.5) is 5.69 Å². The van der Waals surface area contributed by atoms with Gasteiger partial charge in [0.1, 0.15) is 11.5 Å². The Labute approximate surface area is 159 Å². The Morgan fingerprint density at radius 2 is 2.04 bits per heavy atom. The fourth-order valence-electron chi connectivity index (χ4n) is 1.98. The summed E-state index contributed by atoms with van der Waals surface area (Å²) >= 11 is 5.90. The molecule has 10 heteroatoms. The topological polar surface area (TPSA) is 126 Å². The number of para-hydroxylation sites is 1. The molecule has 9 nitrogen and oxygen atoms in total. The molecule has 2 aromatic rings. The third-order valence-electron chi connectivity index (χ3n) is 3.17. The molecule has 0 heterocycles. The lowest BCUT2D eigenvalue weighted by atomic mass is 10.1. The minimum absolute atomic E-state index is 0.0972. The maximum absolute atomic E-state index is 12.2. The molecular formula is C17H15ClN3O6-. The van der Waals surface area contributed by atoms with Gasteiger partial charge < -0.3 is 14.6 Å². The predicted molar refractivity (Wildman–Crippen MR) is 96.4 cm³/mol. The highest BCUT2D eigenvalue weighted by Gasteiger charge is 2.12. The summed E-state index contributed by atoms with van der Waals surface area (Å²) in [6.45, 7) is 1.46. The fourth-order valence-corrected chi connectivity index (χ4v) is 2.17. The zero-order valence-corrected chi connectivity index (χ0v) is 14.9. The predicted octanol–water partition coefficient (Wildman–Crippen LogP) is 2.25. The third kappa shape index (κ3) is 5.58. The van der Waals surface area contributed by atoms with E-state index in [4.69, 9.17) is 21.1 Å². The van der Waals surface area contributed by atoms with E-state index in [0.29, 0.717) is 10.8 Å². The van der Waals surface area contributed by atoms with Crippen LogP contribution in [-0.4, -0.2) is 30.3 Å². The van der Waals surface area contributed by atoms with Crippen molar-refractivity contribution in [2.45, 2.75) is 6.92 Å². The monoisotopic (exact) mass is 392 g/mol. The van der Waals surface area contributed by atoms with Gasteiger partial charge in [-0.2, -0.15) is 5.10 Å². The number of amides is 1. The number of nitro benzene ring substituents is 1. The minimum atomic E-state index is -0.657. The first kappa shape index (κ1) is 20.0. The second-order valence-corrected chi connectivity index (χ2v) is 5.47. The number of halogens is 1. The average molecular weight is 393 g/mol. The Balaban J connectivity index is 2.03. The highest BCUT2D eigenvalue weighted by Crippen LogP contribution is 2.31. The SMILES string of the molecule is CCOc1cc([N+](=O)[O-])cc(/C=N\NC(=O)COc2ccccc2Cl)c1[O-]. The van der Waals surface area contributed by atoms with Gasteiger partial charge in [-0.15, -0.1) is 0 Å². The van der Waals surface area contributed by atoms with Crippen molar-refractivity contribution in [3.63, 3.8) is 0 Å². The first-order chi connectivity index (χ1) is 12.9. The molecule has 2 aromatic carbocycles. The lowest BCUT2D eigenvalue weighted by molar-refractivity contribution is -0.385. The molecule has 0 radical (unpaired) electrons. The van der Waals surface area contributed by atoms with Crippen LogP contribution >= 0.6 is 11.6 Å². The van der Waals surface area contributed by atoms with Crippen LogP contribution in [0.3, 0.4) is 0 Å². The number of non-ortho nitro benzene ring substituents is 1. The summed E-state index contributed by atoms with van der Waals surface area (Å²) in [7, 11) is 0. The van der Waals surface area contributed by atoms with Gasteiger partial charge in [0.15, 0.2) is 6.61 Å². The molecule has 0 saturated heterocycles. The Kier molecular flexibility index (Phi) is 6.95. The van der Waals surface area contributed by atoms with Crippen molar-refractivity contribution in [3.05, 3.63) is 57.1 Å². The Hall–Kier alpha value is -3.33. The van der Waals surface area contributed by atoms with Crippen LogP contribution in [0.5, 0.6) is 17.2 Å². The number of nitrogens with zero attached hydrogens (tertiary/aromatic N) is 2. The quantitative estimate of drug-likeness (QED) is 0.417. The van der Waals surface area contributed by atoms with Gasteiger partial charge in [0.25, 0.3) is 11.6 Å². The zero-order valence-electron chi connectivity index (χ0n) is 14.2. The van der Waals surface area contributed by atoms with Gasteiger partial charge in [0, 0.05) is 6.07 Å². The molecule has 0 atom stereocenters. The summed E-state index contributed by atoms with van der Waals surface area (Å²) in [4.78, 5) is 22.0. The number of carbonyl (C=O) groups excluding carboxylic acids is 1. The second-order valence-electron chi connectivity index (χ2n) is 5.06. The van der Waals surface area contributed by atoms with Gasteiger partial charge >= 0.3 is 0 Å². The second kappa shape index (κ2) is 9.39. The standard InChI is InChI=1S/C17H16ClN3O6/c1-2-26-15-8-12(21(24)25)7-11(17(15)23)9-19-20-16(22)10-27-14-6-4-3-5-13(14)18/h3-9,23H,2,10H2,1H3,(H,20,22)/p-1/b19-9-. The highest BCUT2D eigenvalue weighted by atomic mass is 35.5. The van der Waals surface area contributed by atoms with Gasteiger partial charge in [-0.25, -0.2) is 5.43 Å². The molecule has 142 valence electrons. The van der Waals surface area contributed by atoms with Gasteiger partial charge in [-0.05, 0) is 24.6 Å². The molecule has 2 rings (SSSR count). The summed E-state index contributed by atoms with van der Waals surface area (Å²) in [6, 6.07) is 8.71. The third-order valence-corrected chi connectivity index (χ3v) is 3.48. The van der Waals surface area contributed by atoms with Gasteiger partial charge in [0.2, 0.25) is 0 Å². The number of nitrogens with one attached hydrogen (secondary N) is 1. The number of benzene rings is 2. The van der Waals surface area contributed by atoms with E-state index in [1.807, 2.05) is 0 Å². The summed E-state index contributed by atoms with van der Waals surface area (Å²) in [5.41, 5.74) is 1.74. The molecule has 0 bridgehead atoms. The van der Waals surface area contributed by atoms with Crippen LogP contribution in [-0.2, 0) is 4.79 Å². The minimum Gasteiger partial charge on any atom is -0.870 e. The van der Waals surface area contributed by atoms with Gasteiger partial charge in [-0.1, -0.05) is 29.5 Å². The maximum Gasteiger partial charge on any atom is 0.277 e. The number of hydrogen-bond acceptors (Lipinski definition) is 7. The summed E-state index contributed by atoms with van der Waals surface area (Å²) in [5, 5.41) is 27.1. The Bertz CT molecular complexity index is 872. The van der Waals surface area contributed by atoms with Crippen LogP contribution in [0, 0.1) is 10.1 Å². The highest BCUT2D eigenvalue weighted by molar-refractivity contribution is 6.32. The van der Waals surface area contributed by atoms with Crippen LogP contribution in [0.15, 0.2) is 41.5 Å². The van der Waals surface area contributed by atoms with E-state index in [9.17, 15) is 20.0 Å². The van der Waals surface area contributed by atoms with Crippen molar-refractivity contribution in [2.24, 2.45) is 5.10 Å². The molecule has 0 aliphatic heterocycles. The van der Waals surface area contributed by atoms with E-state index < -0.39 is 16.6 Å². The zero-order chi connectivity index (χ0) is 19.8. The van der Waals surface area contributed by atoms with Crippen molar-refractivity contribution in [1.29, 1.82) is 0 Å². The van der Waals surface area contributed by atoms with E-state index in [1.54, 1.807) is 31.2 Å². The maximum atomic E-state index is 12.2. The van der Waals surface area contributed by atoms with Gasteiger partial charge in [0.05, 0.1) is 28.8 Å². The molecule has 1 amide bonds. The first-order valence-electron chi connectivity index (χ1n) is 7.73. The summed E-state index contributed by atoms with van der Waals surface area (Å²) in [5.74, 6) is -1.01. The lowest BCUT2D eigenvalue weighted by Crippen LogP contribution is -2.24. The van der Waals surface area contributed by atoms with Crippen molar-refractivity contribution in [1.82, 2.24) is 5.43 Å². The largest absolute Gasteiger partial charge is 0.870 e. The smallest absolute Gasteiger partial charge is 0.277 e. The molecule has 27 heavy (non-hydrogen) atoms.